The van der Waals surface area contributed by atoms with Crippen molar-refractivity contribution in [2.24, 2.45) is 0 Å². The molecule has 0 saturated carbocycles. The summed E-state index contributed by atoms with van der Waals surface area (Å²) in [4.78, 5) is 33.9. The van der Waals surface area contributed by atoms with E-state index >= 15 is 0 Å². The molecule has 1 N–H and O–H groups in total. The second-order valence-electron chi connectivity index (χ2n) is 11.0. The van der Waals surface area contributed by atoms with Crippen molar-refractivity contribution in [3.8, 4) is 17.2 Å². The Bertz CT molecular complexity index is 1790. The third kappa shape index (κ3) is 5.12. The minimum absolute atomic E-state index is 0.00579. The highest BCUT2D eigenvalue weighted by Crippen LogP contribution is 2.46. The molecule has 1 aromatic heterocycles. The van der Waals surface area contributed by atoms with Crippen molar-refractivity contribution in [1.82, 2.24) is 4.98 Å². The number of aryl methyl sites for hydroxylation is 2. The summed E-state index contributed by atoms with van der Waals surface area (Å²) in [5.41, 5.74) is 4.82. The molecule has 4 aromatic rings. The van der Waals surface area contributed by atoms with Crippen LogP contribution in [0.1, 0.15) is 61.1 Å². The van der Waals surface area contributed by atoms with Crippen LogP contribution in [0.15, 0.2) is 54.1 Å². The molecule has 0 aliphatic carbocycles. The molecule has 1 saturated heterocycles. The van der Waals surface area contributed by atoms with E-state index in [1.54, 1.807) is 24.3 Å². The molecule has 222 valence electrons. The van der Waals surface area contributed by atoms with Gasteiger partial charge in [0.1, 0.15) is 17.6 Å². The van der Waals surface area contributed by atoms with Crippen LogP contribution in [0.5, 0.6) is 17.2 Å². The van der Waals surface area contributed by atoms with Gasteiger partial charge >= 0.3 is 5.91 Å². The maximum Gasteiger partial charge on any atom is 0.301 e. The monoisotopic (exact) mass is 598 g/mol. The molecule has 2 aliphatic rings. The van der Waals surface area contributed by atoms with Gasteiger partial charge in [-0.15, -0.1) is 0 Å². The number of hydrogen-bond acceptors (Lipinski definition) is 8. The normalized spacial score (nSPS) is 19.1. The van der Waals surface area contributed by atoms with Crippen LogP contribution in [0.2, 0.25) is 0 Å². The number of Topliss-reactive ketones (excluding diaryl/α,β-unsaturated/α-hetero) is 1. The SMILES string of the molecule is CCCOc1ccc([C@@H]2C(=C(O)c3ccc4c(c3)C[C@@H](C)O4)C(=O)C(=O)N2c2nc3c(C)cc(C)cc3s2)cc1OCC. The van der Waals surface area contributed by atoms with Gasteiger partial charge < -0.3 is 19.3 Å². The smallest absolute Gasteiger partial charge is 0.301 e. The largest absolute Gasteiger partial charge is 0.507 e. The number of amides is 1. The van der Waals surface area contributed by atoms with Crippen LogP contribution in [0.4, 0.5) is 5.13 Å². The van der Waals surface area contributed by atoms with Crippen molar-refractivity contribution in [2.75, 3.05) is 18.1 Å². The van der Waals surface area contributed by atoms with Gasteiger partial charge in [-0.25, -0.2) is 4.98 Å². The number of ether oxygens (including phenoxy) is 3. The molecule has 1 fully saturated rings. The summed E-state index contributed by atoms with van der Waals surface area (Å²) in [7, 11) is 0. The van der Waals surface area contributed by atoms with Crippen molar-refractivity contribution in [3.05, 3.63) is 81.9 Å². The van der Waals surface area contributed by atoms with Crippen LogP contribution >= 0.6 is 11.3 Å². The minimum atomic E-state index is -0.940. The number of thiazole rings is 1. The van der Waals surface area contributed by atoms with Gasteiger partial charge in [0.2, 0.25) is 0 Å². The first-order valence-electron chi connectivity index (χ1n) is 14.6. The number of ketones is 1. The van der Waals surface area contributed by atoms with Gasteiger partial charge in [0, 0.05) is 12.0 Å². The number of rotatable bonds is 8. The molecular formula is C34H34N2O6S. The highest BCUT2D eigenvalue weighted by atomic mass is 32.1. The lowest BCUT2D eigenvalue weighted by Crippen LogP contribution is -2.29. The summed E-state index contributed by atoms with van der Waals surface area (Å²) in [6.45, 7) is 10.8. The van der Waals surface area contributed by atoms with Crippen LogP contribution in [0.25, 0.3) is 16.0 Å². The molecule has 0 bridgehead atoms. The van der Waals surface area contributed by atoms with Crippen molar-refractivity contribution in [3.63, 3.8) is 0 Å². The second kappa shape index (κ2) is 11.4. The first kappa shape index (κ1) is 28.7. The van der Waals surface area contributed by atoms with Gasteiger partial charge in [-0.2, -0.15) is 0 Å². The van der Waals surface area contributed by atoms with Gasteiger partial charge in [0.15, 0.2) is 16.6 Å². The maximum absolute atomic E-state index is 13.8. The number of carbonyl (C=O) groups is 2. The number of aromatic nitrogens is 1. The highest BCUT2D eigenvalue weighted by molar-refractivity contribution is 7.22. The predicted octanol–water partition coefficient (Wildman–Crippen LogP) is 7.05. The van der Waals surface area contributed by atoms with E-state index in [1.165, 1.54) is 16.2 Å². The molecule has 43 heavy (non-hydrogen) atoms. The Hall–Kier alpha value is -4.37. The lowest BCUT2D eigenvalue weighted by atomic mass is 9.94. The maximum atomic E-state index is 13.8. The zero-order chi connectivity index (χ0) is 30.4. The van der Waals surface area contributed by atoms with Gasteiger partial charge in [0.05, 0.1) is 35.0 Å². The van der Waals surface area contributed by atoms with Crippen LogP contribution in [0.3, 0.4) is 0 Å². The number of aliphatic hydroxyl groups is 1. The van der Waals surface area contributed by atoms with Crippen LogP contribution in [-0.4, -0.2) is 41.1 Å². The third-order valence-corrected chi connectivity index (χ3v) is 8.69. The van der Waals surface area contributed by atoms with E-state index in [-0.39, 0.29) is 17.4 Å². The Labute approximate surface area is 254 Å². The Morgan fingerprint density at radius 3 is 2.65 bits per heavy atom. The van der Waals surface area contributed by atoms with Crippen LogP contribution in [-0.2, 0) is 16.0 Å². The summed E-state index contributed by atoms with van der Waals surface area (Å²) in [6, 6.07) is 13.8. The summed E-state index contributed by atoms with van der Waals surface area (Å²) in [5, 5.41) is 12.1. The number of fused-ring (bicyclic) bond motifs is 2. The zero-order valence-electron chi connectivity index (χ0n) is 24.9. The van der Waals surface area contributed by atoms with Gasteiger partial charge in [0.25, 0.3) is 5.78 Å². The summed E-state index contributed by atoms with van der Waals surface area (Å²) >= 11 is 1.35. The fraction of sp³-hybridized carbons (Fsp3) is 0.324. The Morgan fingerprint density at radius 1 is 1.07 bits per heavy atom. The second-order valence-corrected chi connectivity index (χ2v) is 12.0. The lowest BCUT2D eigenvalue weighted by Gasteiger charge is -2.24. The Morgan fingerprint density at radius 2 is 1.88 bits per heavy atom. The molecule has 2 aliphatic heterocycles. The number of hydrogen-bond donors (Lipinski definition) is 1. The zero-order valence-corrected chi connectivity index (χ0v) is 25.7. The van der Waals surface area contributed by atoms with Crippen molar-refractivity contribution in [1.29, 1.82) is 0 Å². The molecule has 0 spiro atoms. The molecule has 3 aromatic carbocycles. The van der Waals surface area contributed by atoms with Crippen LogP contribution in [0, 0.1) is 13.8 Å². The van der Waals surface area contributed by atoms with Crippen LogP contribution < -0.4 is 19.1 Å². The van der Waals surface area contributed by atoms with Gasteiger partial charge in [-0.05, 0) is 92.8 Å². The quantitative estimate of drug-likeness (QED) is 0.132. The molecule has 8 nitrogen and oxygen atoms in total. The number of aliphatic hydroxyl groups excluding tert-OH is 1. The van der Waals surface area contributed by atoms with Crippen molar-refractivity contribution >= 4 is 44.1 Å². The molecule has 6 rings (SSSR count). The molecule has 9 heteroatoms. The van der Waals surface area contributed by atoms with Gasteiger partial charge in [-0.1, -0.05) is 30.4 Å². The standard InChI is InChI=1S/C34H34N2O6S/c1-6-12-41-25-11-8-21(17-26(25)40-7-2)30-28(31(37)22-9-10-24-23(16-22)15-20(5)42-24)32(38)33(39)36(30)34-35-29-19(4)13-18(3)14-27(29)43-34/h8-11,13-14,16-17,20,30,37H,6-7,12,15H2,1-5H3/t20-,30-/m1/s1. The third-order valence-electron chi connectivity index (χ3n) is 7.68. The summed E-state index contributed by atoms with van der Waals surface area (Å²) < 4.78 is 18.6. The Kier molecular flexibility index (Phi) is 7.60. The van der Waals surface area contributed by atoms with Crippen molar-refractivity contribution in [2.45, 2.75) is 59.6 Å². The number of carbonyl (C=O) groups excluding carboxylic acids is 2. The molecule has 3 heterocycles. The average molecular weight is 599 g/mol. The summed E-state index contributed by atoms with van der Waals surface area (Å²) in [6.07, 6.45) is 1.54. The molecule has 2 atom stereocenters. The topological polar surface area (TPSA) is 98.2 Å². The first-order chi connectivity index (χ1) is 20.7. The van der Waals surface area contributed by atoms with E-state index in [1.807, 2.05) is 58.9 Å². The van der Waals surface area contributed by atoms with E-state index in [0.717, 1.165) is 39.1 Å². The fourth-order valence-electron chi connectivity index (χ4n) is 5.83. The van der Waals surface area contributed by atoms with E-state index in [2.05, 4.69) is 0 Å². The number of benzene rings is 3. The number of nitrogens with zero attached hydrogens (tertiary/aromatic N) is 2. The van der Waals surface area contributed by atoms with Gasteiger partial charge in [-0.3, -0.25) is 14.5 Å². The van der Waals surface area contributed by atoms with E-state index in [4.69, 9.17) is 19.2 Å². The highest BCUT2D eigenvalue weighted by Gasteiger charge is 2.48. The van der Waals surface area contributed by atoms with E-state index in [0.29, 0.717) is 47.4 Å². The molecule has 0 unspecified atom stereocenters. The average Bonchev–Trinajstić information content (AvgIpc) is 3.64. The summed E-state index contributed by atoms with van der Waals surface area (Å²) in [5.74, 6) is 0.0592. The first-order valence-corrected chi connectivity index (χ1v) is 15.4. The molecular weight excluding hydrogens is 564 g/mol. The predicted molar refractivity (Wildman–Crippen MR) is 168 cm³/mol. The fourth-order valence-corrected chi connectivity index (χ4v) is 6.99. The number of anilines is 1. The minimum Gasteiger partial charge on any atom is -0.507 e. The molecule has 0 radical (unpaired) electrons. The van der Waals surface area contributed by atoms with E-state index in [9.17, 15) is 14.7 Å². The lowest BCUT2D eigenvalue weighted by molar-refractivity contribution is -0.132. The molecule has 1 amide bonds. The van der Waals surface area contributed by atoms with E-state index < -0.39 is 17.7 Å². The Balaban J connectivity index is 1.54. The van der Waals surface area contributed by atoms with Crippen molar-refractivity contribution < 1.29 is 28.9 Å².